The number of aromatic hydroxyl groups is 1. The van der Waals surface area contributed by atoms with Crippen LogP contribution in [-0.4, -0.2) is 56.3 Å². The van der Waals surface area contributed by atoms with Gasteiger partial charge in [0.05, 0.1) is 42.7 Å². The molecule has 44 heavy (non-hydrogen) atoms. The van der Waals surface area contributed by atoms with Gasteiger partial charge in [-0.25, -0.2) is 9.79 Å². The highest BCUT2D eigenvalue weighted by Crippen LogP contribution is 2.41. The number of hydrogen-bond acceptors (Lipinski definition) is 10. The molecule has 0 amide bonds. The van der Waals surface area contributed by atoms with Crippen molar-refractivity contribution in [2.45, 2.75) is 39.7 Å². The molecule has 3 aromatic rings. The van der Waals surface area contributed by atoms with Crippen LogP contribution >= 0.6 is 11.3 Å². The van der Waals surface area contributed by atoms with Crippen molar-refractivity contribution in [3.8, 4) is 23.0 Å². The second-order valence-corrected chi connectivity index (χ2v) is 10.9. The molecular weight excluding hydrogens is 584 g/mol. The number of ether oxygens (including phenoxy) is 5. The summed E-state index contributed by atoms with van der Waals surface area (Å²) < 4.78 is 29.9. The fraction of sp³-hybridized carbons (Fsp3) is 0.364. The summed E-state index contributed by atoms with van der Waals surface area (Å²) in [5, 5.41) is 10.7. The first kappa shape index (κ1) is 32.6. The van der Waals surface area contributed by atoms with E-state index in [0.29, 0.717) is 68.6 Å². The Hall–Kier alpha value is -4.35. The number of nitrogens with zero attached hydrogens (tertiary/aromatic N) is 2. The summed E-state index contributed by atoms with van der Waals surface area (Å²) in [6.45, 7) is 10.3. The van der Waals surface area contributed by atoms with Crippen LogP contribution in [0.5, 0.6) is 23.0 Å². The molecule has 0 fully saturated rings. The lowest BCUT2D eigenvalue weighted by atomic mass is 9.94. The molecule has 0 spiro atoms. The number of hydrogen-bond donors (Lipinski definition) is 1. The maximum atomic E-state index is 14.2. The van der Waals surface area contributed by atoms with Gasteiger partial charge in [0.15, 0.2) is 27.8 Å². The summed E-state index contributed by atoms with van der Waals surface area (Å²) in [6, 6.07) is 7.94. The third kappa shape index (κ3) is 6.74. The number of thiazole rings is 1. The summed E-state index contributed by atoms with van der Waals surface area (Å²) in [7, 11) is 3.06. The normalized spacial score (nSPS) is 14.6. The maximum Gasteiger partial charge on any atom is 0.338 e. The van der Waals surface area contributed by atoms with Gasteiger partial charge in [-0.3, -0.25) is 9.36 Å². The molecule has 0 saturated carbocycles. The van der Waals surface area contributed by atoms with Crippen molar-refractivity contribution in [1.82, 2.24) is 4.57 Å². The van der Waals surface area contributed by atoms with Crippen LogP contribution in [-0.2, 0) is 20.7 Å². The molecule has 1 aliphatic rings. The van der Waals surface area contributed by atoms with E-state index in [1.165, 1.54) is 23.0 Å². The molecule has 0 unspecified atom stereocenters. The van der Waals surface area contributed by atoms with Gasteiger partial charge in [-0.05, 0) is 56.5 Å². The van der Waals surface area contributed by atoms with Crippen LogP contribution in [0, 0.1) is 0 Å². The Morgan fingerprint density at radius 2 is 1.93 bits per heavy atom. The summed E-state index contributed by atoms with van der Waals surface area (Å²) in [5.74, 6) is 0.648. The predicted molar refractivity (Wildman–Crippen MR) is 169 cm³/mol. The zero-order valence-electron chi connectivity index (χ0n) is 25.7. The molecule has 10 nitrogen and oxygen atoms in total. The molecule has 1 aromatic heterocycles. The van der Waals surface area contributed by atoms with E-state index in [4.69, 9.17) is 23.7 Å². The van der Waals surface area contributed by atoms with Crippen molar-refractivity contribution >= 4 is 23.4 Å². The van der Waals surface area contributed by atoms with Crippen molar-refractivity contribution in [2.24, 2.45) is 4.99 Å². The van der Waals surface area contributed by atoms with Crippen LogP contribution in [0.3, 0.4) is 0 Å². The number of carbonyl (C=O) groups is 1. The number of phenolic OH excluding ortho intramolecular Hbond substituents is 1. The van der Waals surface area contributed by atoms with E-state index in [2.05, 4.69) is 11.6 Å². The number of allylic oxidation sites excluding steroid dienone is 2. The minimum absolute atomic E-state index is 0.0373. The second kappa shape index (κ2) is 14.9. The van der Waals surface area contributed by atoms with E-state index in [1.807, 2.05) is 19.9 Å². The predicted octanol–water partition coefficient (Wildman–Crippen LogP) is 4.06. The van der Waals surface area contributed by atoms with Gasteiger partial charge in [0.1, 0.15) is 12.6 Å². The Kier molecular flexibility index (Phi) is 11.0. The quantitative estimate of drug-likeness (QED) is 0.163. The number of carbonyl (C=O) groups excluding carboxylic acids is 1. The van der Waals surface area contributed by atoms with Crippen LogP contribution in [0.2, 0.25) is 0 Å². The number of benzene rings is 2. The molecule has 2 aromatic carbocycles. The van der Waals surface area contributed by atoms with E-state index in [0.717, 1.165) is 6.42 Å². The highest BCUT2D eigenvalue weighted by molar-refractivity contribution is 7.07. The van der Waals surface area contributed by atoms with Gasteiger partial charge in [-0.15, -0.1) is 6.58 Å². The van der Waals surface area contributed by atoms with Crippen molar-refractivity contribution in [2.75, 3.05) is 40.6 Å². The Bertz CT molecular complexity index is 1740. The van der Waals surface area contributed by atoms with E-state index < -0.39 is 12.0 Å². The maximum absolute atomic E-state index is 14.2. The minimum Gasteiger partial charge on any atom is -0.504 e. The van der Waals surface area contributed by atoms with Crippen LogP contribution in [0.1, 0.15) is 49.9 Å². The largest absolute Gasteiger partial charge is 0.504 e. The molecule has 1 atom stereocenters. The highest BCUT2D eigenvalue weighted by atomic mass is 32.1. The van der Waals surface area contributed by atoms with E-state index in [-0.39, 0.29) is 30.1 Å². The zero-order chi connectivity index (χ0) is 31.8. The number of methoxy groups -OCH3 is 2. The van der Waals surface area contributed by atoms with Crippen molar-refractivity contribution < 1.29 is 33.6 Å². The lowest BCUT2D eigenvalue weighted by molar-refractivity contribution is -0.140. The first-order chi connectivity index (χ1) is 21.3. The number of esters is 1. The number of aromatic nitrogens is 1. The standard InChI is InChI=1S/C33H38N2O8S/c1-7-11-22-17-21(18-25(29(22)36)41-9-3)19-26-31(37)35-28(23-12-10-13-24(40-6)30(23)42-14-8-2)27(20(4)34-33(35)44-26)32(38)43-16-15-39-5/h7,10,12-13,17-19,28,36H,1,8-9,11,14-16H2,2-6H3/b26-19+/t28-/m0/s1. The molecule has 2 heterocycles. The zero-order valence-corrected chi connectivity index (χ0v) is 26.5. The summed E-state index contributed by atoms with van der Waals surface area (Å²) in [6.07, 6.45) is 4.57. The molecule has 11 heteroatoms. The molecule has 0 aliphatic carbocycles. The third-order valence-corrected chi connectivity index (χ3v) is 7.86. The van der Waals surface area contributed by atoms with Gasteiger partial charge in [0.25, 0.3) is 5.56 Å². The molecule has 4 rings (SSSR count). The lowest BCUT2D eigenvalue weighted by Gasteiger charge is -2.27. The third-order valence-electron chi connectivity index (χ3n) is 6.87. The van der Waals surface area contributed by atoms with Gasteiger partial charge in [-0.2, -0.15) is 0 Å². The highest BCUT2D eigenvalue weighted by Gasteiger charge is 2.36. The van der Waals surface area contributed by atoms with Gasteiger partial charge in [-0.1, -0.05) is 36.5 Å². The minimum atomic E-state index is -0.902. The first-order valence-corrected chi connectivity index (χ1v) is 15.2. The van der Waals surface area contributed by atoms with E-state index in [1.54, 1.807) is 50.5 Å². The number of fused-ring (bicyclic) bond motifs is 1. The SMILES string of the molecule is C=CCc1cc(/C=c2/sc3n(c2=O)[C@@H](c2cccc(OC)c2OCCC)C(C(=O)OCCOC)=C(C)N=3)cc(OCC)c1O. The van der Waals surface area contributed by atoms with Gasteiger partial charge in [0.2, 0.25) is 0 Å². The summed E-state index contributed by atoms with van der Waals surface area (Å²) in [5.41, 5.74) is 2.13. The Morgan fingerprint density at radius 1 is 1.14 bits per heavy atom. The molecule has 0 radical (unpaired) electrons. The Balaban J connectivity index is 1.97. The monoisotopic (exact) mass is 622 g/mol. The number of phenols is 1. The van der Waals surface area contributed by atoms with Crippen LogP contribution in [0.25, 0.3) is 6.08 Å². The molecule has 0 bridgehead atoms. The topological polar surface area (TPSA) is 118 Å². The van der Waals surface area contributed by atoms with Crippen LogP contribution in [0.15, 0.2) is 64.0 Å². The first-order valence-electron chi connectivity index (χ1n) is 14.4. The molecule has 0 saturated heterocycles. The van der Waals surface area contributed by atoms with Gasteiger partial charge >= 0.3 is 5.97 Å². The van der Waals surface area contributed by atoms with E-state index >= 15 is 0 Å². The fourth-order valence-electron chi connectivity index (χ4n) is 4.94. The second-order valence-electron chi connectivity index (χ2n) is 9.89. The smallest absolute Gasteiger partial charge is 0.338 e. The van der Waals surface area contributed by atoms with Crippen LogP contribution < -0.4 is 29.1 Å². The molecule has 1 aliphatic heterocycles. The molecule has 1 N–H and O–H groups in total. The van der Waals surface area contributed by atoms with Gasteiger partial charge < -0.3 is 28.8 Å². The number of para-hydroxylation sites is 1. The van der Waals surface area contributed by atoms with Gasteiger partial charge in [0, 0.05) is 18.2 Å². The van der Waals surface area contributed by atoms with E-state index in [9.17, 15) is 14.7 Å². The van der Waals surface area contributed by atoms with Crippen LogP contribution in [0.4, 0.5) is 0 Å². The lowest BCUT2D eigenvalue weighted by Crippen LogP contribution is -2.40. The molecular formula is C33H38N2O8S. The average Bonchev–Trinajstić information content (AvgIpc) is 3.31. The Morgan fingerprint density at radius 3 is 2.61 bits per heavy atom. The summed E-state index contributed by atoms with van der Waals surface area (Å²) >= 11 is 1.20. The number of rotatable bonds is 14. The van der Waals surface area contributed by atoms with Crippen molar-refractivity contribution in [3.05, 3.63) is 90.6 Å². The molecule has 234 valence electrons. The average molecular weight is 623 g/mol. The fourth-order valence-corrected chi connectivity index (χ4v) is 5.99. The van der Waals surface area contributed by atoms with Crippen molar-refractivity contribution in [3.63, 3.8) is 0 Å². The van der Waals surface area contributed by atoms with Crippen molar-refractivity contribution in [1.29, 1.82) is 0 Å². The summed E-state index contributed by atoms with van der Waals surface area (Å²) in [4.78, 5) is 32.9. The Labute approximate surface area is 260 Å².